The molecular formula is C13H15NO. The van der Waals surface area contributed by atoms with Crippen LogP contribution in [-0.4, -0.2) is 0 Å². The van der Waals surface area contributed by atoms with E-state index in [1.807, 2.05) is 24.5 Å². The Labute approximate surface area is 89.1 Å². The molecule has 2 N–H and O–H groups in total. The van der Waals surface area contributed by atoms with Crippen LogP contribution in [0, 0.1) is 5.92 Å². The van der Waals surface area contributed by atoms with Crippen LogP contribution < -0.4 is 5.73 Å². The summed E-state index contributed by atoms with van der Waals surface area (Å²) in [6.45, 7) is 0. The van der Waals surface area contributed by atoms with Crippen LogP contribution in [-0.2, 0) is 0 Å². The summed E-state index contributed by atoms with van der Waals surface area (Å²) in [5, 5.41) is 1.17. The van der Waals surface area contributed by atoms with Crippen LogP contribution >= 0.6 is 0 Å². The second kappa shape index (κ2) is 3.38. The molecule has 1 heterocycles. The minimum absolute atomic E-state index is 0.140. The van der Waals surface area contributed by atoms with Crippen LogP contribution in [0.4, 0.5) is 0 Å². The van der Waals surface area contributed by atoms with Gasteiger partial charge in [0, 0.05) is 17.0 Å². The van der Waals surface area contributed by atoms with E-state index in [0.717, 1.165) is 23.5 Å². The van der Waals surface area contributed by atoms with E-state index in [1.54, 1.807) is 0 Å². The molecule has 1 unspecified atom stereocenters. The minimum atomic E-state index is 0.140. The zero-order valence-corrected chi connectivity index (χ0v) is 8.65. The lowest BCUT2D eigenvalue weighted by Crippen LogP contribution is -2.10. The van der Waals surface area contributed by atoms with Gasteiger partial charge in [-0.05, 0) is 18.4 Å². The molecule has 15 heavy (non-hydrogen) atoms. The van der Waals surface area contributed by atoms with E-state index in [0.29, 0.717) is 0 Å². The van der Waals surface area contributed by atoms with Gasteiger partial charge in [-0.2, -0.15) is 0 Å². The van der Waals surface area contributed by atoms with Gasteiger partial charge in [0.1, 0.15) is 5.58 Å². The van der Waals surface area contributed by atoms with Gasteiger partial charge in [-0.1, -0.05) is 31.0 Å². The van der Waals surface area contributed by atoms with E-state index in [9.17, 15) is 0 Å². The van der Waals surface area contributed by atoms with Crippen LogP contribution in [0.2, 0.25) is 0 Å². The molecule has 1 atom stereocenters. The van der Waals surface area contributed by atoms with Gasteiger partial charge in [0.2, 0.25) is 0 Å². The third-order valence-corrected chi connectivity index (χ3v) is 3.19. The summed E-state index contributed by atoms with van der Waals surface area (Å²) in [6.07, 6.45) is 5.62. The molecule has 0 saturated heterocycles. The molecule has 1 aromatic heterocycles. The highest BCUT2D eigenvalue weighted by molar-refractivity contribution is 5.81. The maximum atomic E-state index is 6.19. The molecule has 0 radical (unpaired) electrons. The molecule has 0 bridgehead atoms. The highest BCUT2D eigenvalue weighted by Crippen LogP contribution is 2.38. The summed E-state index contributed by atoms with van der Waals surface area (Å²) in [6, 6.07) is 8.23. The summed E-state index contributed by atoms with van der Waals surface area (Å²) < 4.78 is 5.49. The van der Waals surface area contributed by atoms with E-state index >= 15 is 0 Å². The van der Waals surface area contributed by atoms with E-state index in [4.69, 9.17) is 10.2 Å². The van der Waals surface area contributed by atoms with Gasteiger partial charge in [0.25, 0.3) is 0 Å². The third-order valence-electron chi connectivity index (χ3n) is 3.19. The zero-order valence-electron chi connectivity index (χ0n) is 8.65. The quantitative estimate of drug-likeness (QED) is 0.828. The monoisotopic (exact) mass is 201 g/mol. The molecule has 3 rings (SSSR count). The first-order chi connectivity index (χ1) is 7.34. The van der Waals surface area contributed by atoms with Crippen molar-refractivity contribution in [2.24, 2.45) is 11.7 Å². The van der Waals surface area contributed by atoms with Gasteiger partial charge in [0.15, 0.2) is 0 Å². The highest BCUT2D eigenvalue weighted by atomic mass is 16.3. The number of rotatable bonds is 3. The molecule has 0 amide bonds. The Hall–Kier alpha value is -1.28. The highest BCUT2D eigenvalue weighted by Gasteiger charge is 2.25. The van der Waals surface area contributed by atoms with Crippen LogP contribution in [0.25, 0.3) is 11.0 Å². The van der Waals surface area contributed by atoms with Crippen LogP contribution in [0.15, 0.2) is 34.9 Å². The van der Waals surface area contributed by atoms with Crippen molar-refractivity contribution in [1.82, 2.24) is 0 Å². The number of para-hydroxylation sites is 1. The van der Waals surface area contributed by atoms with E-state index < -0.39 is 0 Å². The molecule has 1 fully saturated rings. The van der Waals surface area contributed by atoms with Crippen molar-refractivity contribution in [2.45, 2.75) is 25.3 Å². The van der Waals surface area contributed by atoms with Crippen molar-refractivity contribution >= 4 is 11.0 Å². The Bertz CT molecular complexity index is 470. The van der Waals surface area contributed by atoms with Gasteiger partial charge in [-0.25, -0.2) is 0 Å². The summed E-state index contributed by atoms with van der Waals surface area (Å²) in [5.74, 6) is 0.855. The Morgan fingerprint density at radius 2 is 2.13 bits per heavy atom. The second-order valence-electron chi connectivity index (χ2n) is 4.47. The lowest BCUT2D eigenvalue weighted by molar-refractivity contribution is 0.569. The average molecular weight is 201 g/mol. The van der Waals surface area contributed by atoms with Crippen molar-refractivity contribution in [3.63, 3.8) is 0 Å². The summed E-state index contributed by atoms with van der Waals surface area (Å²) >= 11 is 0. The average Bonchev–Trinajstić information content (AvgIpc) is 2.96. The number of nitrogens with two attached hydrogens (primary N) is 1. The van der Waals surface area contributed by atoms with Crippen molar-refractivity contribution < 1.29 is 4.42 Å². The minimum Gasteiger partial charge on any atom is -0.464 e. The van der Waals surface area contributed by atoms with Crippen LogP contribution in [0.5, 0.6) is 0 Å². The van der Waals surface area contributed by atoms with Gasteiger partial charge < -0.3 is 10.2 Å². The summed E-state index contributed by atoms with van der Waals surface area (Å²) in [7, 11) is 0. The molecule has 0 aliphatic heterocycles. The van der Waals surface area contributed by atoms with Gasteiger partial charge >= 0.3 is 0 Å². The molecule has 1 aliphatic rings. The topological polar surface area (TPSA) is 39.2 Å². The number of furan rings is 1. The molecule has 1 saturated carbocycles. The first kappa shape index (κ1) is 8.98. The van der Waals surface area contributed by atoms with E-state index in [1.165, 1.54) is 18.2 Å². The standard InChI is InChI=1S/C13H15NO/c14-12(7-9-5-6-9)11-8-15-13-4-2-1-3-10(11)13/h1-4,8-9,12H,5-7,14H2. The fraction of sp³-hybridized carbons (Fsp3) is 0.385. The maximum Gasteiger partial charge on any atom is 0.134 e. The molecule has 78 valence electrons. The normalized spacial score (nSPS) is 18.2. The number of benzene rings is 1. The molecule has 0 spiro atoms. The fourth-order valence-corrected chi connectivity index (χ4v) is 2.13. The van der Waals surface area contributed by atoms with Crippen molar-refractivity contribution in [1.29, 1.82) is 0 Å². The molecular weight excluding hydrogens is 186 g/mol. The first-order valence-corrected chi connectivity index (χ1v) is 5.56. The largest absolute Gasteiger partial charge is 0.464 e. The van der Waals surface area contributed by atoms with Crippen molar-refractivity contribution in [3.05, 3.63) is 36.1 Å². The molecule has 1 aliphatic carbocycles. The number of hydrogen-bond acceptors (Lipinski definition) is 2. The smallest absolute Gasteiger partial charge is 0.134 e. The Morgan fingerprint density at radius 3 is 2.93 bits per heavy atom. The fourth-order valence-electron chi connectivity index (χ4n) is 2.13. The molecule has 1 aromatic carbocycles. The van der Waals surface area contributed by atoms with Crippen molar-refractivity contribution in [2.75, 3.05) is 0 Å². The van der Waals surface area contributed by atoms with Gasteiger partial charge in [-0.3, -0.25) is 0 Å². The van der Waals surface area contributed by atoms with E-state index in [2.05, 4.69) is 6.07 Å². The SMILES string of the molecule is NC(CC1CC1)c1coc2ccccc12. The summed E-state index contributed by atoms with van der Waals surface area (Å²) in [4.78, 5) is 0. The molecule has 2 aromatic rings. The number of hydrogen-bond donors (Lipinski definition) is 1. The van der Waals surface area contributed by atoms with Gasteiger partial charge in [-0.15, -0.1) is 0 Å². The maximum absolute atomic E-state index is 6.19. The van der Waals surface area contributed by atoms with Crippen LogP contribution in [0.1, 0.15) is 30.9 Å². The third kappa shape index (κ3) is 1.65. The first-order valence-electron chi connectivity index (χ1n) is 5.56. The van der Waals surface area contributed by atoms with Crippen LogP contribution in [0.3, 0.4) is 0 Å². The van der Waals surface area contributed by atoms with Gasteiger partial charge in [0.05, 0.1) is 6.26 Å². The Morgan fingerprint density at radius 1 is 1.33 bits per heavy atom. The lowest BCUT2D eigenvalue weighted by atomic mass is 10.0. The Balaban J connectivity index is 1.95. The Kier molecular flexibility index (Phi) is 2.03. The molecule has 2 heteroatoms. The number of fused-ring (bicyclic) bond motifs is 1. The summed E-state index contributed by atoms with van der Waals surface area (Å²) in [5.41, 5.74) is 8.29. The van der Waals surface area contributed by atoms with Crippen molar-refractivity contribution in [3.8, 4) is 0 Å². The predicted molar refractivity (Wildman–Crippen MR) is 60.5 cm³/mol. The van der Waals surface area contributed by atoms with E-state index in [-0.39, 0.29) is 6.04 Å². The second-order valence-corrected chi connectivity index (χ2v) is 4.47. The predicted octanol–water partition coefficient (Wildman–Crippen LogP) is 3.23. The molecule has 2 nitrogen and oxygen atoms in total. The lowest BCUT2D eigenvalue weighted by Gasteiger charge is -2.08. The zero-order chi connectivity index (χ0) is 10.3.